The summed E-state index contributed by atoms with van der Waals surface area (Å²) in [4.78, 5) is 35.2. The maximum Gasteiger partial charge on any atom is 0.331 e. The third kappa shape index (κ3) is 2.13. The number of hydrogen-bond donors (Lipinski definition) is 0. The largest absolute Gasteiger partial charge is 0.463 e. The Morgan fingerprint density at radius 2 is 2.19 bits per heavy atom. The SMILES string of the molecule is CCOC(=O)/C=C1\C=CC2C1=C(C)C[C@@H]1C(=O)OC(=O)[C@H]21. The van der Waals surface area contributed by atoms with E-state index in [2.05, 4.69) is 0 Å². The summed E-state index contributed by atoms with van der Waals surface area (Å²) < 4.78 is 9.70. The fourth-order valence-electron chi connectivity index (χ4n) is 3.45. The number of hydrogen-bond acceptors (Lipinski definition) is 5. The maximum absolute atomic E-state index is 11.9. The number of carbonyl (C=O) groups is 3. The van der Waals surface area contributed by atoms with Crippen molar-refractivity contribution in [3.05, 3.63) is 34.9 Å². The number of carbonyl (C=O) groups excluding carboxylic acids is 3. The molecule has 0 aromatic rings. The Labute approximate surface area is 122 Å². The molecule has 21 heavy (non-hydrogen) atoms. The quantitative estimate of drug-likeness (QED) is 0.439. The van der Waals surface area contributed by atoms with Crippen molar-refractivity contribution in [3.8, 4) is 0 Å². The minimum atomic E-state index is -0.458. The molecule has 0 radical (unpaired) electrons. The third-order valence-electron chi connectivity index (χ3n) is 4.27. The molecule has 0 aromatic carbocycles. The molecule has 0 aromatic heterocycles. The monoisotopic (exact) mass is 288 g/mol. The van der Waals surface area contributed by atoms with E-state index in [0.29, 0.717) is 13.0 Å². The molecule has 1 aliphatic heterocycles. The van der Waals surface area contributed by atoms with Gasteiger partial charge >= 0.3 is 17.9 Å². The molecule has 1 heterocycles. The van der Waals surface area contributed by atoms with Crippen LogP contribution in [0, 0.1) is 17.8 Å². The van der Waals surface area contributed by atoms with E-state index in [4.69, 9.17) is 9.47 Å². The molecular formula is C16H16O5. The molecule has 110 valence electrons. The lowest BCUT2D eigenvalue weighted by Gasteiger charge is -2.28. The smallest absolute Gasteiger partial charge is 0.331 e. The molecular weight excluding hydrogens is 272 g/mol. The molecule has 2 aliphatic carbocycles. The van der Waals surface area contributed by atoms with E-state index in [0.717, 1.165) is 16.7 Å². The second-order valence-electron chi connectivity index (χ2n) is 5.51. The van der Waals surface area contributed by atoms with Crippen molar-refractivity contribution in [1.29, 1.82) is 0 Å². The van der Waals surface area contributed by atoms with Crippen molar-refractivity contribution in [3.63, 3.8) is 0 Å². The zero-order chi connectivity index (χ0) is 15.1. The first kappa shape index (κ1) is 13.8. The lowest BCUT2D eigenvalue weighted by atomic mass is 9.71. The minimum Gasteiger partial charge on any atom is -0.463 e. The molecule has 0 amide bonds. The van der Waals surface area contributed by atoms with Gasteiger partial charge in [-0.05, 0) is 31.4 Å². The molecule has 0 N–H and O–H groups in total. The van der Waals surface area contributed by atoms with Gasteiger partial charge in [0.2, 0.25) is 0 Å². The summed E-state index contributed by atoms with van der Waals surface area (Å²) in [6.07, 6.45) is 5.64. The highest BCUT2D eigenvalue weighted by molar-refractivity contribution is 5.98. The lowest BCUT2D eigenvalue weighted by Crippen LogP contribution is -2.30. The summed E-state index contributed by atoms with van der Waals surface area (Å²) in [6, 6.07) is 0. The summed E-state index contributed by atoms with van der Waals surface area (Å²) in [6.45, 7) is 4.00. The van der Waals surface area contributed by atoms with Gasteiger partial charge < -0.3 is 9.47 Å². The van der Waals surface area contributed by atoms with Crippen LogP contribution in [0.1, 0.15) is 20.3 Å². The summed E-state index contributed by atoms with van der Waals surface area (Å²) in [5.74, 6) is -2.31. The second-order valence-corrected chi connectivity index (χ2v) is 5.51. The van der Waals surface area contributed by atoms with Crippen LogP contribution in [0.15, 0.2) is 34.9 Å². The number of rotatable bonds is 2. The minimum absolute atomic E-state index is 0.177. The average molecular weight is 288 g/mol. The van der Waals surface area contributed by atoms with Gasteiger partial charge in [-0.25, -0.2) is 4.79 Å². The third-order valence-corrected chi connectivity index (χ3v) is 4.27. The van der Waals surface area contributed by atoms with Gasteiger partial charge in [0.25, 0.3) is 0 Å². The van der Waals surface area contributed by atoms with E-state index >= 15 is 0 Å². The van der Waals surface area contributed by atoms with Gasteiger partial charge in [0, 0.05) is 12.0 Å². The van der Waals surface area contributed by atoms with Crippen molar-refractivity contribution >= 4 is 17.9 Å². The first-order chi connectivity index (χ1) is 10.0. The molecule has 0 bridgehead atoms. The number of esters is 3. The Morgan fingerprint density at radius 1 is 1.43 bits per heavy atom. The number of allylic oxidation sites excluding steroid dienone is 5. The molecule has 0 saturated carbocycles. The molecule has 0 spiro atoms. The van der Waals surface area contributed by atoms with E-state index < -0.39 is 29.7 Å². The standard InChI is InChI=1S/C16H16O5/c1-3-20-12(17)7-9-4-5-10-13(9)8(2)6-11-14(10)16(19)21-15(11)18/h4-5,7,10-11,14H,3,6H2,1-2H3/b9-7+/t10?,11-,14+/m0/s1. The van der Waals surface area contributed by atoms with Crippen LogP contribution in [-0.4, -0.2) is 24.5 Å². The van der Waals surface area contributed by atoms with Crippen LogP contribution in [0.25, 0.3) is 0 Å². The first-order valence-corrected chi connectivity index (χ1v) is 7.05. The van der Waals surface area contributed by atoms with Crippen LogP contribution in [0.5, 0.6) is 0 Å². The van der Waals surface area contributed by atoms with Crippen LogP contribution in [0.3, 0.4) is 0 Å². The van der Waals surface area contributed by atoms with E-state index in [-0.39, 0.29) is 5.92 Å². The van der Waals surface area contributed by atoms with Crippen molar-refractivity contribution in [2.45, 2.75) is 20.3 Å². The maximum atomic E-state index is 11.9. The summed E-state index contributed by atoms with van der Waals surface area (Å²) >= 11 is 0. The highest BCUT2D eigenvalue weighted by Gasteiger charge is 2.52. The molecule has 3 aliphatic rings. The van der Waals surface area contributed by atoms with Crippen LogP contribution in [0.2, 0.25) is 0 Å². The predicted molar refractivity (Wildman–Crippen MR) is 72.7 cm³/mol. The summed E-state index contributed by atoms with van der Waals surface area (Å²) in [7, 11) is 0. The zero-order valence-electron chi connectivity index (χ0n) is 11.9. The van der Waals surface area contributed by atoms with E-state index in [1.807, 2.05) is 19.1 Å². The molecule has 5 nitrogen and oxygen atoms in total. The zero-order valence-corrected chi connectivity index (χ0v) is 11.9. The topological polar surface area (TPSA) is 69.7 Å². The van der Waals surface area contributed by atoms with E-state index in [1.54, 1.807) is 6.92 Å². The molecule has 5 heteroatoms. The summed E-state index contributed by atoms with van der Waals surface area (Å²) in [5.41, 5.74) is 2.74. The van der Waals surface area contributed by atoms with Gasteiger partial charge in [-0.15, -0.1) is 0 Å². The summed E-state index contributed by atoms with van der Waals surface area (Å²) in [5, 5.41) is 0. The Bertz CT molecular complexity index is 623. The second kappa shape index (κ2) is 4.98. The predicted octanol–water partition coefficient (Wildman–Crippen LogP) is 1.70. The lowest BCUT2D eigenvalue weighted by molar-refractivity contribution is -0.154. The van der Waals surface area contributed by atoms with E-state index in [1.165, 1.54) is 6.08 Å². The molecule has 3 atom stereocenters. The Kier molecular flexibility index (Phi) is 3.27. The van der Waals surface area contributed by atoms with Gasteiger partial charge in [-0.3, -0.25) is 9.59 Å². The fourth-order valence-corrected chi connectivity index (χ4v) is 3.45. The van der Waals surface area contributed by atoms with Gasteiger partial charge in [-0.2, -0.15) is 0 Å². The highest BCUT2D eigenvalue weighted by atomic mass is 16.6. The van der Waals surface area contributed by atoms with Gasteiger partial charge in [0.15, 0.2) is 0 Å². The normalized spacial score (nSPS) is 32.3. The van der Waals surface area contributed by atoms with Crippen LogP contribution in [-0.2, 0) is 23.9 Å². The fraction of sp³-hybridized carbons (Fsp3) is 0.438. The van der Waals surface area contributed by atoms with Gasteiger partial charge in [0.1, 0.15) is 0 Å². The molecule has 1 saturated heterocycles. The van der Waals surface area contributed by atoms with Gasteiger partial charge in [-0.1, -0.05) is 17.7 Å². The highest BCUT2D eigenvalue weighted by Crippen LogP contribution is 2.49. The Hall–Kier alpha value is -2.17. The first-order valence-electron chi connectivity index (χ1n) is 7.05. The van der Waals surface area contributed by atoms with E-state index in [9.17, 15) is 14.4 Å². The Morgan fingerprint density at radius 3 is 2.90 bits per heavy atom. The van der Waals surface area contributed by atoms with Crippen molar-refractivity contribution in [2.75, 3.05) is 6.61 Å². The molecule has 1 unspecified atom stereocenters. The molecule has 3 rings (SSSR count). The van der Waals surface area contributed by atoms with Crippen LogP contribution in [0.4, 0.5) is 0 Å². The number of fused-ring (bicyclic) bond motifs is 3. The van der Waals surface area contributed by atoms with Crippen LogP contribution >= 0.6 is 0 Å². The van der Waals surface area contributed by atoms with Crippen molar-refractivity contribution < 1.29 is 23.9 Å². The molecule has 1 fully saturated rings. The van der Waals surface area contributed by atoms with Crippen molar-refractivity contribution in [1.82, 2.24) is 0 Å². The van der Waals surface area contributed by atoms with Crippen molar-refractivity contribution in [2.24, 2.45) is 17.8 Å². The Balaban J connectivity index is 1.96. The number of ether oxygens (including phenoxy) is 2. The average Bonchev–Trinajstić information content (AvgIpc) is 2.93. The number of cyclic esters (lactones) is 2. The van der Waals surface area contributed by atoms with Crippen LogP contribution < -0.4 is 0 Å². The van der Waals surface area contributed by atoms with Gasteiger partial charge in [0.05, 0.1) is 18.4 Å².